The summed E-state index contributed by atoms with van der Waals surface area (Å²) in [6, 6.07) is 42.1. The van der Waals surface area contributed by atoms with E-state index in [1.165, 1.54) is 33.0 Å². The topological polar surface area (TPSA) is 38.9 Å². The number of para-hydroxylation sites is 1. The Balaban J connectivity index is 1.33. The molecule has 0 atom stereocenters. The number of nitrogens with zero attached hydrogens (tertiary/aromatic N) is 2. The standard InChI is InChI=1S/C37H26N2O/c1-37(2)29-21-25(17-18-26(29)27-19-20-33-34(35(27)37)28-15-9-10-16-32(28)40-33)36-38-30(23-11-5-3-6-12-23)22-31(39-36)24-13-7-4-8-14-24/h3-22H,1-2H3. The summed E-state index contributed by atoms with van der Waals surface area (Å²) in [6.45, 7) is 4.64. The smallest absolute Gasteiger partial charge is 0.160 e. The van der Waals surface area contributed by atoms with Crippen molar-refractivity contribution in [1.82, 2.24) is 9.97 Å². The van der Waals surface area contributed by atoms with Crippen molar-refractivity contribution < 1.29 is 4.42 Å². The van der Waals surface area contributed by atoms with Crippen molar-refractivity contribution in [1.29, 1.82) is 0 Å². The van der Waals surface area contributed by atoms with Gasteiger partial charge in [0.25, 0.3) is 0 Å². The van der Waals surface area contributed by atoms with E-state index in [1.54, 1.807) is 0 Å². The highest BCUT2D eigenvalue weighted by atomic mass is 16.3. The number of benzene rings is 5. The van der Waals surface area contributed by atoms with Gasteiger partial charge in [0.15, 0.2) is 5.82 Å². The monoisotopic (exact) mass is 514 g/mol. The van der Waals surface area contributed by atoms with Crippen LogP contribution in [-0.4, -0.2) is 9.97 Å². The Morgan fingerprint density at radius 1 is 0.550 bits per heavy atom. The van der Waals surface area contributed by atoms with E-state index >= 15 is 0 Å². The Bertz CT molecular complexity index is 2010. The molecule has 7 aromatic rings. The number of aromatic nitrogens is 2. The highest BCUT2D eigenvalue weighted by Crippen LogP contribution is 2.53. The summed E-state index contributed by atoms with van der Waals surface area (Å²) in [7, 11) is 0. The van der Waals surface area contributed by atoms with Crippen molar-refractivity contribution in [3.8, 4) is 45.0 Å². The van der Waals surface area contributed by atoms with Crippen LogP contribution < -0.4 is 0 Å². The Labute approximate surface area is 232 Å². The minimum atomic E-state index is -0.216. The molecule has 5 aromatic carbocycles. The Morgan fingerprint density at radius 2 is 1.18 bits per heavy atom. The average molecular weight is 515 g/mol. The number of furan rings is 1. The van der Waals surface area contributed by atoms with Gasteiger partial charge in [-0.2, -0.15) is 0 Å². The Morgan fingerprint density at radius 3 is 1.88 bits per heavy atom. The first kappa shape index (κ1) is 22.9. The predicted octanol–water partition coefficient (Wildman–Crippen LogP) is 9.68. The third-order valence-corrected chi connectivity index (χ3v) is 8.27. The van der Waals surface area contributed by atoms with Crippen LogP contribution in [0.3, 0.4) is 0 Å². The van der Waals surface area contributed by atoms with Gasteiger partial charge in [0.2, 0.25) is 0 Å². The second kappa shape index (κ2) is 8.49. The van der Waals surface area contributed by atoms with Gasteiger partial charge in [-0.1, -0.05) is 111 Å². The molecular weight excluding hydrogens is 488 g/mol. The van der Waals surface area contributed by atoms with Gasteiger partial charge < -0.3 is 4.42 Å². The third kappa shape index (κ3) is 3.37. The van der Waals surface area contributed by atoms with Gasteiger partial charge in [0.1, 0.15) is 11.2 Å². The third-order valence-electron chi connectivity index (χ3n) is 8.27. The van der Waals surface area contributed by atoms with E-state index in [0.717, 1.165) is 45.1 Å². The van der Waals surface area contributed by atoms with Crippen LogP contribution in [0.15, 0.2) is 126 Å². The molecule has 0 unspecified atom stereocenters. The summed E-state index contributed by atoms with van der Waals surface area (Å²) < 4.78 is 6.25. The maximum absolute atomic E-state index is 6.25. The van der Waals surface area contributed by atoms with E-state index in [2.05, 4.69) is 117 Å². The molecular formula is C37H26N2O. The molecule has 1 aliphatic carbocycles. The van der Waals surface area contributed by atoms with Gasteiger partial charge in [-0.05, 0) is 46.5 Å². The van der Waals surface area contributed by atoms with Crippen molar-refractivity contribution in [3.63, 3.8) is 0 Å². The molecule has 190 valence electrons. The van der Waals surface area contributed by atoms with Crippen LogP contribution in [0.2, 0.25) is 0 Å². The molecule has 1 aliphatic rings. The predicted molar refractivity (Wildman–Crippen MR) is 163 cm³/mol. The van der Waals surface area contributed by atoms with Crippen molar-refractivity contribution in [2.75, 3.05) is 0 Å². The van der Waals surface area contributed by atoms with Gasteiger partial charge in [0, 0.05) is 32.9 Å². The van der Waals surface area contributed by atoms with Crippen molar-refractivity contribution in [3.05, 3.63) is 132 Å². The van der Waals surface area contributed by atoms with Gasteiger partial charge >= 0.3 is 0 Å². The van der Waals surface area contributed by atoms with Crippen LogP contribution in [0.5, 0.6) is 0 Å². The van der Waals surface area contributed by atoms with Gasteiger partial charge in [0.05, 0.1) is 11.4 Å². The van der Waals surface area contributed by atoms with E-state index in [4.69, 9.17) is 14.4 Å². The lowest BCUT2D eigenvalue weighted by atomic mass is 9.80. The fourth-order valence-corrected chi connectivity index (χ4v) is 6.35. The van der Waals surface area contributed by atoms with Crippen molar-refractivity contribution in [2.24, 2.45) is 0 Å². The lowest BCUT2D eigenvalue weighted by molar-refractivity contribution is 0.657. The van der Waals surface area contributed by atoms with Crippen molar-refractivity contribution in [2.45, 2.75) is 19.3 Å². The number of fused-ring (bicyclic) bond motifs is 7. The summed E-state index contributed by atoms with van der Waals surface area (Å²) in [5, 5.41) is 2.38. The zero-order valence-electron chi connectivity index (χ0n) is 22.3. The molecule has 0 fully saturated rings. The summed E-state index contributed by atoms with van der Waals surface area (Å²) in [5.74, 6) is 0.730. The molecule has 0 amide bonds. The molecule has 0 saturated heterocycles. The van der Waals surface area contributed by atoms with Crippen molar-refractivity contribution >= 4 is 21.9 Å². The van der Waals surface area contributed by atoms with Crippen LogP contribution in [0, 0.1) is 0 Å². The normalized spacial score (nSPS) is 13.4. The van der Waals surface area contributed by atoms with Gasteiger partial charge in [-0.15, -0.1) is 0 Å². The Kier molecular flexibility index (Phi) is 4.86. The summed E-state index contributed by atoms with van der Waals surface area (Å²) in [4.78, 5) is 10.2. The fourth-order valence-electron chi connectivity index (χ4n) is 6.35. The van der Waals surface area contributed by atoms with Crippen LogP contribution in [0.25, 0.3) is 67.0 Å². The molecule has 3 nitrogen and oxygen atoms in total. The van der Waals surface area contributed by atoms with Crippen LogP contribution in [-0.2, 0) is 5.41 Å². The molecule has 0 spiro atoms. The maximum atomic E-state index is 6.25. The molecule has 0 bridgehead atoms. The molecule has 0 N–H and O–H groups in total. The van der Waals surface area contributed by atoms with Crippen LogP contribution in [0.1, 0.15) is 25.0 Å². The SMILES string of the molecule is CC1(C)c2cc(-c3nc(-c4ccccc4)cc(-c4ccccc4)n3)ccc2-c2ccc3oc4ccccc4c3c21. The molecule has 0 aliphatic heterocycles. The first-order chi connectivity index (χ1) is 19.6. The summed E-state index contributed by atoms with van der Waals surface area (Å²) >= 11 is 0. The van der Waals surface area contributed by atoms with E-state index in [9.17, 15) is 0 Å². The number of rotatable bonds is 3. The molecule has 2 aromatic heterocycles. The van der Waals surface area contributed by atoms with Gasteiger partial charge in [-0.25, -0.2) is 9.97 Å². The van der Waals surface area contributed by atoms with E-state index in [1.807, 2.05) is 18.2 Å². The fraction of sp³-hybridized carbons (Fsp3) is 0.0811. The minimum absolute atomic E-state index is 0.216. The molecule has 3 heteroatoms. The largest absolute Gasteiger partial charge is 0.456 e. The second-order valence-electron chi connectivity index (χ2n) is 11.0. The van der Waals surface area contributed by atoms with Gasteiger partial charge in [-0.3, -0.25) is 0 Å². The molecule has 8 rings (SSSR count). The molecule has 2 heterocycles. The Hall–Kier alpha value is -5.02. The molecule has 40 heavy (non-hydrogen) atoms. The second-order valence-corrected chi connectivity index (χ2v) is 11.0. The zero-order chi connectivity index (χ0) is 26.8. The quantitative estimate of drug-likeness (QED) is 0.236. The van der Waals surface area contributed by atoms with E-state index < -0.39 is 0 Å². The van der Waals surface area contributed by atoms with E-state index in [-0.39, 0.29) is 5.41 Å². The maximum Gasteiger partial charge on any atom is 0.160 e. The first-order valence-corrected chi connectivity index (χ1v) is 13.7. The highest BCUT2D eigenvalue weighted by molar-refractivity contribution is 6.11. The highest BCUT2D eigenvalue weighted by Gasteiger charge is 2.38. The first-order valence-electron chi connectivity index (χ1n) is 13.7. The summed E-state index contributed by atoms with van der Waals surface area (Å²) in [6.07, 6.45) is 0. The number of hydrogen-bond acceptors (Lipinski definition) is 3. The molecule has 0 radical (unpaired) electrons. The van der Waals surface area contributed by atoms with Crippen LogP contribution in [0.4, 0.5) is 0 Å². The lowest BCUT2D eigenvalue weighted by Crippen LogP contribution is -2.15. The lowest BCUT2D eigenvalue weighted by Gasteiger charge is -2.23. The molecule has 0 saturated carbocycles. The van der Waals surface area contributed by atoms with Crippen LogP contribution >= 0.6 is 0 Å². The average Bonchev–Trinajstić information content (AvgIpc) is 3.49. The minimum Gasteiger partial charge on any atom is -0.456 e. The van der Waals surface area contributed by atoms with E-state index in [0.29, 0.717) is 0 Å². The number of hydrogen-bond donors (Lipinski definition) is 0. The summed E-state index contributed by atoms with van der Waals surface area (Å²) in [5.41, 5.74) is 11.8. The zero-order valence-corrected chi connectivity index (χ0v) is 22.3.